The Morgan fingerprint density at radius 2 is 1.66 bits per heavy atom. The Morgan fingerprint density at radius 3 is 2.21 bits per heavy atom. The number of ether oxygens (including phenoxy) is 2. The number of hydrogen-bond donors (Lipinski definition) is 2. The zero-order chi connectivity index (χ0) is 20.4. The van der Waals surface area contributed by atoms with Gasteiger partial charge in [-0.3, -0.25) is 4.99 Å². The summed E-state index contributed by atoms with van der Waals surface area (Å²) in [5.41, 5.74) is 1.71. The monoisotopic (exact) mass is 523 g/mol. The van der Waals surface area contributed by atoms with E-state index in [0.717, 1.165) is 11.1 Å². The van der Waals surface area contributed by atoms with Crippen molar-refractivity contribution in [1.82, 2.24) is 10.6 Å². The van der Waals surface area contributed by atoms with Gasteiger partial charge in [-0.2, -0.15) is 8.78 Å². The van der Waals surface area contributed by atoms with E-state index in [0.29, 0.717) is 31.9 Å². The van der Waals surface area contributed by atoms with Gasteiger partial charge in [0.1, 0.15) is 5.82 Å². The molecular weight excluding hydrogens is 498 g/mol. The van der Waals surface area contributed by atoms with Crippen molar-refractivity contribution in [1.29, 1.82) is 0 Å². The zero-order valence-corrected chi connectivity index (χ0v) is 18.6. The Morgan fingerprint density at radius 1 is 1.00 bits per heavy atom. The molecule has 2 rings (SSSR count). The van der Waals surface area contributed by atoms with Gasteiger partial charge in [-0.1, -0.05) is 18.2 Å². The number of hydrogen-bond acceptors (Lipinski definition) is 3. The van der Waals surface area contributed by atoms with E-state index in [2.05, 4.69) is 20.4 Å². The third-order valence-electron chi connectivity index (χ3n) is 3.97. The molecule has 9 heteroatoms. The molecule has 0 aromatic heterocycles. The van der Waals surface area contributed by atoms with E-state index in [9.17, 15) is 13.2 Å². The average molecular weight is 523 g/mol. The van der Waals surface area contributed by atoms with Crippen LogP contribution in [0.1, 0.15) is 11.1 Å². The molecule has 0 unspecified atom stereocenters. The largest absolute Gasteiger partial charge is 0.493 e. The van der Waals surface area contributed by atoms with E-state index >= 15 is 0 Å². The lowest BCUT2D eigenvalue weighted by Gasteiger charge is -2.13. The van der Waals surface area contributed by atoms with E-state index in [4.69, 9.17) is 4.74 Å². The Bertz CT molecular complexity index is 791. The zero-order valence-electron chi connectivity index (χ0n) is 16.3. The van der Waals surface area contributed by atoms with Gasteiger partial charge in [-0.05, 0) is 48.2 Å². The van der Waals surface area contributed by atoms with Crippen molar-refractivity contribution in [2.45, 2.75) is 19.5 Å². The maximum absolute atomic E-state index is 13.2. The van der Waals surface area contributed by atoms with Gasteiger partial charge in [0.2, 0.25) is 0 Å². The number of nitrogens with one attached hydrogen (secondary N) is 2. The lowest BCUT2D eigenvalue weighted by Crippen LogP contribution is -2.39. The second-order valence-electron chi connectivity index (χ2n) is 5.92. The molecule has 2 aromatic rings. The minimum atomic E-state index is -2.91. The summed E-state index contributed by atoms with van der Waals surface area (Å²) in [5.74, 6) is 0.614. The molecule has 2 aromatic carbocycles. The third-order valence-corrected chi connectivity index (χ3v) is 3.97. The number of halogens is 4. The first kappa shape index (κ1) is 24.9. The van der Waals surface area contributed by atoms with Crippen LogP contribution >= 0.6 is 24.0 Å². The molecule has 0 heterocycles. The van der Waals surface area contributed by atoms with E-state index in [1.807, 2.05) is 6.07 Å². The van der Waals surface area contributed by atoms with Gasteiger partial charge in [0.15, 0.2) is 17.5 Å². The summed E-state index contributed by atoms with van der Waals surface area (Å²) in [6, 6.07) is 11.4. The van der Waals surface area contributed by atoms with Crippen molar-refractivity contribution in [3.8, 4) is 11.5 Å². The minimum absolute atomic E-state index is 0. The van der Waals surface area contributed by atoms with Crippen molar-refractivity contribution in [2.24, 2.45) is 4.99 Å². The molecule has 0 radical (unpaired) electrons. The van der Waals surface area contributed by atoms with Crippen molar-refractivity contribution in [3.05, 3.63) is 59.4 Å². The molecular formula is C20H25F3IN3O2. The highest BCUT2D eigenvalue weighted by molar-refractivity contribution is 14.0. The number of aliphatic imine (C=N–C) groups is 1. The first-order chi connectivity index (χ1) is 13.5. The van der Waals surface area contributed by atoms with Crippen LogP contribution in [0.2, 0.25) is 0 Å². The van der Waals surface area contributed by atoms with Gasteiger partial charge in [0.25, 0.3) is 0 Å². The molecule has 0 amide bonds. The predicted molar refractivity (Wildman–Crippen MR) is 118 cm³/mol. The molecule has 0 aliphatic rings. The summed E-state index contributed by atoms with van der Waals surface area (Å²) in [7, 11) is 3.05. The van der Waals surface area contributed by atoms with E-state index in [1.165, 1.54) is 25.3 Å². The molecule has 0 aliphatic carbocycles. The standard InChI is InChI=1S/C20H24F3N3O2.HI/c1-24-20(25-10-8-14-4-3-5-16(21)12-14)26-11-9-15-6-7-17(27-2)18(13-15)28-19(22)23;/h3-7,12-13,19H,8-11H2,1-2H3,(H2,24,25,26);1H. The summed E-state index contributed by atoms with van der Waals surface area (Å²) in [6.45, 7) is -1.78. The van der Waals surface area contributed by atoms with Crippen LogP contribution < -0.4 is 20.1 Å². The normalized spacial score (nSPS) is 11.0. The molecule has 160 valence electrons. The Labute approximate surface area is 185 Å². The van der Waals surface area contributed by atoms with Gasteiger partial charge in [0, 0.05) is 20.1 Å². The predicted octanol–water partition coefficient (Wildman–Crippen LogP) is 4.00. The van der Waals surface area contributed by atoms with Crippen LogP contribution in [-0.2, 0) is 12.8 Å². The number of guanidine groups is 1. The van der Waals surface area contributed by atoms with Crippen LogP contribution in [0.25, 0.3) is 0 Å². The van der Waals surface area contributed by atoms with E-state index in [-0.39, 0.29) is 41.3 Å². The van der Waals surface area contributed by atoms with Gasteiger partial charge in [0.05, 0.1) is 7.11 Å². The number of alkyl halides is 2. The molecule has 29 heavy (non-hydrogen) atoms. The first-order valence-electron chi connectivity index (χ1n) is 8.82. The fourth-order valence-corrected chi connectivity index (χ4v) is 2.63. The first-order valence-corrected chi connectivity index (χ1v) is 8.82. The molecule has 0 spiro atoms. The van der Waals surface area contributed by atoms with Crippen LogP contribution in [0.4, 0.5) is 13.2 Å². The minimum Gasteiger partial charge on any atom is -0.493 e. The molecule has 0 saturated carbocycles. The van der Waals surface area contributed by atoms with Gasteiger partial charge in [-0.15, -0.1) is 24.0 Å². The lowest BCUT2D eigenvalue weighted by molar-refractivity contribution is -0.0512. The SMILES string of the molecule is CN=C(NCCc1cccc(F)c1)NCCc1ccc(OC)c(OC(F)F)c1.I. The number of nitrogens with zero attached hydrogens (tertiary/aromatic N) is 1. The highest BCUT2D eigenvalue weighted by atomic mass is 127. The molecule has 5 nitrogen and oxygen atoms in total. The molecule has 2 N–H and O–H groups in total. The molecule has 0 bridgehead atoms. The molecule has 0 atom stereocenters. The van der Waals surface area contributed by atoms with Gasteiger partial charge in [-0.25, -0.2) is 4.39 Å². The second-order valence-corrected chi connectivity index (χ2v) is 5.92. The van der Waals surface area contributed by atoms with Crippen molar-refractivity contribution in [2.75, 3.05) is 27.2 Å². The van der Waals surface area contributed by atoms with E-state index in [1.54, 1.807) is 25.2 Å². The summed E-state index contributed by atoms with van der Waals surface area (Å²) >= 11 is 0. The van der Waals surface area contributed by atoms with Crippen LogP contribution in [-0.4, -0.2) is 39.8 Å². The highest BCUT2D eigenvalue weighted by Gasteiger charge is 2.11. The van der Waals surface area contributed by atoms with Crippen LogP contribution in [0.5, 0.6) is 11.5 Å². The topological polar surface area (TPSA) is 54.9 Å². The van der Waals surface area contributed by atoms with Crippen LogP contribution in [0.15, 0.2) is 47.5 Å². The Balaban J connectivity index is 0.00000420. The summed E-state index contributed by atoms with van der Waals surface area (Å²) < 4.78 is 47.7. The number of benzene rings is 2. The maximum atomic E-state index is 13.2. The lowest BCUT2D eigenvalue weighted by atomic mass is 10.1. The number of methoxy groups -OCH3 is 1. The van der Waals surface area contributed by atoms with Crippen LogP contribution in [0.3, 0.4) is 0 Å². The quantitative estimate of drug-likeness (QED) is 0.297. The second kappa shape index (κ2) is 13.1. The average Bonchev–Trinajstić information content (AvgIpc) is 2.66. The van der Waals surface area contributed by atoms with E-state index < -0.39 is 6.61 Å². The summed E-state index contributed by atoms with van der Waals surface area (Å²) in [4.78, 5) is 4.13. The fraction of sp³-hybridized carbons (Fsp3) is 0.350. The molecule has 0 fully saturated rings. The summed E-state index contributed by atoms with van der Waals surface area (Å²) in [5, 5.41) is 6.30. The molecule has 0 saturated heterocycles. The highest BCUT2D eigenvalue weighted by Crippen LogP contribution is 2.29. The van der Waals surface area contributed by atoms with Gasteiger partial charge < -0.3 is 20.1 Å². The smallest absolute Gasteiger partial charge is 0.387 e. The van der Waals surface area contributed by atoms with Crippen molar-refractivity contribution < 1.29 is 22.6 Å². The van der Waals surface area contributed by atoms with Crippen LogP contribution in [0, 0.1) is 5.82 Å². The maximum Gasteiger partial charge on any atom is 0.387 e. The Hall–Kier alpha value is -2.17. The van der Waals surface area contributed by atoms with Crippen molar-refractivity contribution >= 4 is 29.9 Å². The van der Waals surface area contributed by atoms with Crippen molar-refractivity contribution in [3.63, 3.8) is 0 Å². The summed E-state index contributed by atoms with van der Waals surface area (Å²) in [6.07, 6.45) is 1.24. The number of rotatable bonds is 9. The molecule has 0 aliphatic heterocycles. The van der Waals surface area contributed by atoms with Gasteiger partial charge >= 0.3 is 6.61 Å². The fourth-order valence-electron chi connectivity index (χ4n) is 2.63. The third kappa shape index (κ3) is 8.80. The Kier molecular flexibility index (Phi) is 11.3.